The molecule has 0 amide bonds. The lowest BCUT2D eigenvalue weighted by molar-refractivity contribution is 0.315. The molecule has 182 valence electrons. The van der Waals surface area contributed by atoms with Gasteiger partial charge in [0.1, 0.15) is 0 Å². The highest BCUT2D eigenvalue weighted by molar-refractivity contribution is 6.12. The van der Waals surface area contributed by atoms with Crippen LogP contribution in [-0.4, -0.2) is 21.8 Å². The van der Waals surface area contributed by atoms with Crippen LogP contribution in [-0.2, 0) is 5.41 Å². The van der Waals surface area contributed by atoms with Crippen molar-refractivity contribution in [2.24, 2.45) is 10.3 Å². The maximum absolute atomic E-state index is 9.77. The van der Waals surface area contributed by atoms with Crippen molar-refractivity contribution < 1.29 is 10.4 Å². The quantitative estimate of drug-likeness (QED) is 0.178. The van der Waals surface area contributed by atoms with E-state index in [-0.39, 0.29) is 5.41 Å². The molecule has 0 unspecified atom stereocenters. The molecule has 0 fully saturated rings. The van der Waals surface area contributed by atoms with E-state index in [0.717, 1.165) is 44.1 Å². The molecule has 0 spiro atoms. The summed E-state index contributed by atoms with van der Waals surface area (Å²) in [6.45, 7) is 6.25. The molecule has 2 N–H and O–H groups in total. The van der Waals surface area contributed by atoms with Crippen molar-refractivity contribution in [2.45, 2.75) is 71.1 Å². The highest BCUT2D eigenvalue weighted by atomic mass is 16.4. The van der Waals surface area contributed by atoms with E-state index in [4.69, 9.17) is 5.21 Å². The fraction of sp³-hybridized carbons (Fsp3) is 0.355. The molecule has 0 saturated carbocycles. The highest BCUT2D eigenvalue weighted by Crippen LogP contribution is 2.55. The molecule has 4 rings (SSSR count). The first-order valence-electron chi connectivity index (χ1n) is 12.8. The Bertz CT molecular complexity index is 1220. The summed E-state index contributed by atoms with van der Waals surface area (Å²) >= 11 is 0. The third kappa shape index (κ3) is 4.75. The number of unbranched alkanes of at least 4 members (excludes halogenated alkanes) is 2. The number of benzene rings is 3. The Labute approximate surface area is 209 Å². The normalized spacial score (nSPS) is 14.6. The molecule has 1 aliphatic carbocycles. The van der Waals surface area contributed by atoms with Gasteiger partial charge in [-0.3, -0.25) is 0 Å². The van der Waals surface area contributed by atoms with Gasteiger partial charge in [0.25, 0.3) is 0 Å². The molecule has 3 aromatic rings. The average Bonchev–Trinajstić information content (AvgIpc) is 3.18. The molecule has 0 atom stereocenters. The van der Waals surface area contributed by atoms with E-state index in [0.29, 0.717) is 17.8 Å². The van der Waals surface area contributed by atoms with Gasteiger partial charge in [-0.2, -0.15) is 0 Å². The second-order valence-corrected chi connectivity index (χ2v) is 9.73. The van der Waals surface area contributed by atoms with Gasteiger partial charge in [0.05, 0.1) is 11.4 Å². The van der Waals surface area contributed by atoms with Gasteiger partial charge in [0, 0.05) is 17.4 Å². The summed E-state index contributed by atoms with van der Waals surface area (Å²) in [5.41, 5.74) is 9.67. The Balaban J connectivity index is 1.90. The number of hydrogen-bond donors (Lipinski definition) is 2. The number of nitrogens with zero attached hydrogens (tertiary/aromatic N) is 2. The molecule has 0 radical (unpaired) electrons. The topological polar surface area (TPSA) is 65.2 Å². The summed E-state index contributed by atoms with van der Waals surface area (Å²) in [4.78, 5) is 0. The minimum absolute atomic E-state index is 0.0713. The first-order valence-corrected chi connectivity index (χ1v) is 12.8. The highest BCUT2D eigenvalue weighted by Gasteiger charge is 2.42. The molecular weight excluding hydrogens is 432 g/mol. The fourth-order valence-electron chi connectivity index (χ4n) is 5.58. The van der Waals surface area contributed by atoms with Crippen LogP contribution in [0.4, 0.5) is 0 Å². The van der Waals surface area contributed by atoms with Gasteiger partial charge in [-0.05, 0) is 65.3 Å². The van der Waals surface area contributed by atoms with Crippen LogP contribution in [0, 0.1) is 0 Å². The van der Waals surface area contributed by atoms with Gasteiger partial charge < -0.3 is 10.4 Å². The summed E-state index contributed by atoms with van der Waals surface area (Å²) in [7, 11) is 0. The Kier molecular flexibility index (Phi) is 7.70. The van der Waals surface area contributed by atoms with E-state index in [2.05, 4.69) is 84.8 Å². The largest absolute Gasteiger partial charge is 0.411 e. The Morgan fingerprint density at radius 1 is 0.743 bits per heavy atom. The van der Waals surface area contributed by atoms with Crippen molar-refractivity contribution >= 4 is 11.4 Å². The number of hydrogen-bond acceptors (Lipinski definition) is 4. The van der Waals surface area contributed by atoms with Crippen LogP contribution < -0.4 is 0 Å². The van der Waals surface area contributed by atoms with Crippen LogP contribution in [0.15, 0.2) is 77.0 Å². The fourth-order valence-corrected chi connectivity index (χ4v) is 5.58. The molecule has 0 bridgehead atoms. The van der Waals surface area contributed by atoms with Crippen LogP contribution in [0.5, 0.6) is 0 Å². The molecule has 1 aliphatic rings. The van der Waals surface area contributed by atoms with Gasteiger partial charge in [-0.1, -0.05) is 104 Å². The van der Waals surface area contributed by atoms with Gasteiger partial charge in [0.2, 0.25) is 0 Å². The molecule has 0 saturated heterocycles. The van der Waals surface area contributed by atoms with Crippen molar-refractivity contribution in [1.82, 2.24) is 0 Å². The van der Waals surface area contributed by atoms with Crippen molar-refractivity contribution in [3.05, 3.63) is 83.4 Å². The predicted octanol–water partition coefficient (Wildman–Crippen LogP) is 8.42. The molecule has 0 aromatic heterocycles. The van der Waals surface area contributed by atoms with E-state index in [9.17, 15) is 5.21 Å². The summed E-state index contributed by atoms with van der Waals surface area (Å²) in [5.74, 6) is 0. The molecule has 3 aromatic carbocycles. The van der Waals surface area contributed by atoms with E-state index < -0.39 is 0 Å². The third-order valence-corrected chi connectivity index (χ3v) is 7.43. The lowest BCUT2D eigenvalue weighted by Gasteiger charge is -2.33. The molecule has 4 nitrogen and oxygen atoms in total. The van der Waals surface area contributed by atoms with E-state index in [1.165, 1.54) is 33.4 Å². The lowest BCUT2D eigenvalue weighted by Crippen LogP contribution is -2.26. The van der Waals surface area contributed by atoms with Crippen molar-refractivity contribution in [3.63, 3.8) is 0 Å². The van der Waals surface area contributed by atoms with Crippen LogP contribution in [0.1, 0.15) is 82.4 Å². The second kappa shape index (κ2) is 10.9. The van der Waals surface area contributed by atoms with Crippen LogP contribution in [0.2, 0.25) is 0 Å². The van der Waals surface area contributed by atoms with Gasteiger partial charge in [-0.15, -0.1) is 0 Å². The van der Waals surface area contributed by atoms with E-state index in [1.54, 1.807) is 6.92 Å². The zero-order valence-corrected chi connectivity index (χ0v) is 21.1. The zero-order chi connectivity index (χ0) is 24.8. The maximum atomic E-state index is 9.77. The Morgan fingerprint density at radius 3 is 1.97 bits per heavy atom. The van der Waals surface area contributed by atoms with Crippen LogP contribution in [0.25, 0.3) is 22.3 Å². The molecule has 4 heteroatoms. The number of fused-ring (bicyclic) bond motifs is 3. The first kappa shape index (κ1) is 24.7. The molecule has 0 aliphatic heterocycles. The maximum Gasteiger partial charge on any atom is 0.0925 e. The van der Waals surface area contributed by atoms with Crippen molar-refractivity contribution in [3.8, 4) is 22.3 Å². The average molecular weight is 469 g/mol. The molecular formula is C31H36N2O2. The number of oxime groups is 2. The van der Waals surface area contributed by atoms with Gasteiger partial charge >= 0.3 is 0 Å². The lowest BCUT2D eigenvalue weighted by atomic mass is 9.70. The van der Waals surface area contributed by atoms with Gasteiger partial charge in [-0.25, -0.2) is 0 Å². The molecule has 0 heterocycles. The van der Waals surface area contributed by atoms with Crippen LogP contribution >= 0.6 is 0 Å². The van der Waals surface area contributed by atoms with Crippen molar-refractivity contribution in [2.75, 3.05) is 0 Å². The summed E-state index contributed by atoms with van der Waals surface area (Å²) in [5, 5.41) is 25.8. The standard InChI is InChI=1S/C31H36N2O2/c1-4-6-17-31(18-7-5-2)28-20-24(23-11-9-8-10-12-23)13-15-26(28)27-16-14-25(21-29(27)31)30(33-35)19-22(3)32-34/h8-16,20-21,34-35H,4-7,17-19H2,1-3H3. The summed E-state index contributed by atoms with van der Waals surface area (Å²) < 4.78 is 0. The SMILES string of the molecule is CCCCC1(CCCC)c2cc(C(CC(C)=NO)=NO)ccc2-c2ccc(-c3ccccc3)cc21. The minimum Gasteiger partial charge on any atom is -0.411 e. The minimum atomic E-state index is -0.0713. The van der Waals surface area contributed by atoms with Crippen molar-refractivity contribution in [1.29, 1.82) is 0 Å². The second-order valence-electron chi connectivity index (χ2n) is 9.73. The van der Waals surface area contributed by atoms with Gasteiger partial charge in [0.15, 0.2) is 0 Å². The predicted molar refractivity (Wildman–Crippen MR) is 145 cm³/mol. The molecule has 35 heavy (non-hydrogen) atoms. The van der Waals surface area contributed by atoms with E-state index in [1.807, 2.05) is 6.07 Å². The first-order chi connectivity index (χ1) is 17.1. The Morgan fingerprint density at radius 2 is 1.37 bits per heavy atom. The van der Waals surface area contributed by atoms with E-state index >= 15 is 0 Å². The smallest absolute Gasteiger partial charge is 0.0925 e. The third-order valence-electron chi connectivity index (χ3n) is 7.43. The summed E-state index contributed by atoms with van der Waals surface area (Å²) in [6, 6.07) is 24.0. The van der Waals surface area contributed by atoms with Crippen LogP contribution in [0.3, 0.4) is 0 Å². The number of rotatable bonds is 10. The monoisotopic (exact) mass is 468 g/mol. The zero-order valence-electron chi connectivity index (χ0n) is 21.1. The summed E-state index contributed by atoms with van der Waals surface area (Å²) in [6.07, 6.45) is 7.08. The Hall–Kier alpha value is -3.40.